The minimum atomic E-state index is 0. The summed E-state index contributed by atoms with van der Waals surface area (Å²) in [6, 6.07) is 1.14. The van der Waals surface area contributed by atoms with E-state index in [1.54, 1.807) is 0 Å². The first-order chi connectivity index (χ1) is 13.9. The van der Waals surface area contributed by atoms with Crippen LogP contribution in [0.5, 0.6) is 0 Å². The quantitative estimate of drug-likeness (QED) is 0.269. The van der Waals surface area contributed by atoms with Crippen LogP contribution in [0.2, 0.25) is 0 Å². The smallest absolute Gasteiger partial charge is 0.191 e. The fraction of sp³-hybridized carbons (Fsp3) is 0.957. The number of likely N-dealkylation sites (tertiary alicyclic amines) is 2. The molecule has 2 saturated heterocycles. The first-order valence-corrected chi connectivity index (χ1v) is 12.1. The van der Waals surface area contributed by atoms with E-state index in [-0.39, 0.29) is 29.5 Å². The third-order valence-electron chi connectivity index (χ3n) is 6.81. The Kier molecular flexibility index (Phi) is 13.1. The van der Waals surface area contributed by atoms with Gasteiger partial charge < -0.3 is 15.5 Å². The van der Waals surface area contributed by atoms with Crippen molar-refractivity contribution < 1.29 is 0 Å². The van der Waals surface area contributed by atoms with Gasteiger partial charge >= 0.3 is 0 Å². The van der Waals surface area contributed by atoms with Crippen molar-refractivity contribution >= 4 is 29.9 Å². The Morgan fingerprint density at radius 3 is 2.10 bits per heavy atom. The summed E-state index contributed by atoms with van der Waals surface area (Å²) in [5, 5.41) is 7.07. The zero-order valence-electron chi connectivity index (χ0n) is 20.5. The molecular weight excluding hydrogens is 487 g/mol. The van der Waals surface area contributed by atoms with Crippen molar-refractivity contribution in [2.24, 2.45) is 4.99 Å². The maximum absolute atomic E-state index is 5.11. The van der Waals surface area contributed by atoms with Crippen LogP contribution < -0.4 is 10.6 Å². The van der Waals surface area contributed by atoms with Gasteiger partial charge in [-0.25, -0.2) is 0 Å². The Morgan fingerprint density at radius 1 is 0.967 bits per heavy atom. The molecule has 2 fully saturated rings. The van der Waals surface area contributed by atoms with Gasteiger partial charge in [-0.3, -0.25) is 14.8 Å². The van der Waals surface area contributed by atoms with Crippen molar-refractivity contribution in [2.45, 2.75) is 84.3 Å². The van der Waals surface area contributed by atoms with E-state index in [0.717, 1.165) is 32.1 Å². The van der Waals surface area contributed by atoms with Crippen molar-refractivity contribution in [3.8, 4) is 0 Å². The average Bonchev–Trinajstić information content (AvgIpc) is 2.70. The normalized spacial score (nSPS) is 21.2. The largest absolute Gasteiger partial charge is 0.357 e. The molecule has 6 nitrogen and oxygen atoms in total. The van der Waals surface area contributed by atoms with E-state index in [9.17, 15) is 0 Å². The van der Waals surface area contributed by atoms with E-state index in [0.29, 0.717) is 12.1 Å². The Labute approximate surface area is 203 Å². The van der Waals surface area contributed by atoms with Gasteiger partial charge in [0, 0.05) is 37.3 Å². The summed E-state index contributed by atoms with van der Waals surface area (Å²) in [6.07, 6.45) is 6.56. The molecule has 2 heterocycles. The van der Waals surface area contributed by atoms with Crippen LogP contribution in [0.25, 0.3) is 0 Å². The SMILES string of the molecule is CCNC(=NCC1(N2CCCCC2)CCN(C)CC1)NCCN(C(C)C)C(C)C.I. The number of guanidine groups is 1. The second kappa shape index (κ2) is 14.1. The van der Waals surface area contributed by atoms with Crippen LogP contribution in [0.1, 0.15) is 66.7 Å². The molecule has 0 saturated carbocycles. The van der Waals surface area contributed by atoms with Gasteiger partial charge in [-0.15, -0.1) is 24.0 Å². The molecular formula is C23H49IN6. The number of halogens is 1. The molecule has 0 bridgehead atoms. The minimum absolute atomic E-state index is 0. The van der Waals surface area contributed by atoms with Gasteiger partial charge in [-0.05, 0) is 93.5 Å². The molecule has 0 radical (unpaired) electrons. The summed E-state index contributed by atoms with van der Waals surface area (Å²) in [6.45, 7) is 19.9. The summed E-state index contributed by atoms with van der Waals surface area (Å²) in [5.41, 5.74) is 0.247. The van der Waals surface area contributed by atoms with Crippen LogP contribution in [-0.4, -0.2) is 97.7 Å². The molecule has 0 spiro atoms. The highest BCUT2D eigenvalue weighted by Gasteiger charge is 2.39. The van der Waals surface area contributed by atoms with Crippen molar-refractivity contribution in [2.75, 3.05) is 59.4 Å². The van der Waals surface area contributed by atoms with Crippen molar-refractivity contribution in [3.63, 3.8) is 0 Å². The van der Waals surface area contributed by atoms with Crippen LogP contribution in [0.4, 0.5) is 0 Å². The van der Waals surface area contributed by atoms with Crippen LogP contribution in [0.15, 0.2) is 4.99 Å². The fourth-order valence-corrected chi connectivity index (χ4v) is 4.96. The summed E-state index contributed by atoms with van der Waals surface area (Å²) < 4.78 is 0. The average molecular weight is 537 g/mol. The van der Waals surface area contributed by atoms with E-state index in [1.807, 2.05) is 0 Å². The van der Waals surface area contributed by atoms with Gasteiger partial charge in [0.25, 0.3) is 0 Å². The number of aliphatic imine (C=N–C) groups is 1. The topological polar surface area (TPSA) is 46.1 Å². The van der Waals surface area contributed by atoms with Crippen LogP contribution in [0.3, 0.4) is 0 Å². The van der Waals surface area contributed by atoms with Crippen LogP contribution >= 0.6 is 24.0 Å². The molecule has 0 unspecified atom stereocenters. The van der Waals surface area contributed by atoms with E-state index in [1.165, 1.54) is 58.3 Å². The summed E-state index contributed by atoms with van der Waals surface area (Å²) in [4.78, 5) is 12.9. The van der Waals surface area contributed by atoms with Gasteiger partial charge in [-0.2, -0.15) is 0 Å². The maximum Gasteiger partial charge on any atom is 0.191 e. The van der Waals surface area contributed by atoms with Crippen molar-refractivity contribution in [1.29, 1.82) is 0 Å². The molecule has 2 rings (SSSR count). The standard InChI is InChI=1S/C23H48N6.HI/c1-7-24-22(25-13-18-29(20(2)3)21(4)5)26-19-23(11-16-27(6)17-12-23)28-14-9-8-10-15-28;/h20-21H,7-19H2,1-6H3,(H2,24,25,26);1H. The van der Waals surface area contributed by atoms with Gasteiger partial charge in [0.1, 0.15) is 0 Å². The molecule has 0 amide bonds. The number of piperidine rings is 2. The van der Waals surface area contributed by atoms with Crippen molar-refractivity contribution in [3.05, 3.63) is 0 Å². The Bertz CT molecular complexity index is 474. The minimum Gasteiger partial charge on any atom is -0.357 e. The molecule has 0 aromatic heterocycles. The second-order valence-electron chi connectivity index (χ2n) is 9.62. The lowest BCUT2D eigenvalue weighted by Gasteiger charge is -2.49. The lowest BCUT2D eigenvalue weighted by molar-refractivity contribution is 0.0208. The third-order valence-corrected chi connectivity index (χ3v) is 6.81. The molecule has 0 aliphatic carbocycles. The summed E-state index contributed by atoms with van der Waals surface area (Å²) in [5.74, 6) is 0.982. The molecule has 0 aromatic carbocycles. The second-order valence-corrected chi connectivity index (χ2v) is 9.62. The number of rotatable bonds is 9. The highest BCUT2D eigenvalue weighted by Crippen LogP contribution is 2.31. The third kappa shape index (κ3) is 8.43. The molecule has 2 aliphatic rings. The molecule has 2 N–H and O–H groups in total. The zero-order valence-corrected chi connectivity index (χ0v) is 22.9. The number of hydrogen-bond donors (Lipinski definition) is 2. The van der Waals surface area contributed by atoms with Gasteiger partial charge in [0.15, 0.2) is 5.96 Å². The van der Waals surface area contributed by atoms with E-state index in [2.05, 4.69) is 67.0 Å². The van der Waals surface area contributed by atoms with Crippen LogP contribution in [-0.2, 0) is 0 Å². The van der Waals surface area contributed by atoms with Gasteiger partial charge in [0.05, 0.1) is 6.54 Å². The Balaban J connectivity index is 0.00000450. The molecule has 0 aromatic rings. The fourth-order valence-electron chi connectivity index (χ4n) is 4.96. The lowest BCUT2D eigenvalue weighted by Crippen LogP contribution is -2.58. The highest BCUT2D eigenvalue weighted by molar-refractivity contribution is 14.0. The van der Waals surface area contributed by atoms with E-state index >= 15 is 0 Å². The zero-order chi connectivity index (χ0) is 21.3. The number of nitrogens with zero attached hydrogens (tertiary/aromatic N) is 4. The highest BCUT2D eigenvalue weighted by atomic mass is 127. The number of nitrogens with one attached hydrogen (secondary N) is 2. The number of hydrogen-bond acceptors (Lipinski definition) is 4. The molecule has 178 valence electrons. The summed E-state index contributed by atoms with van der Waals surface area (Å²) in [7, 11) is 2.25. The summed E-state index contributed by atoms with van der Waals surface area (Å²) >= 11 is 0. The van der Waals surface area contributed by atoms with Gasteiger partial charge in [0.2, 0.25) is 0 Å². The molecule has 2 aliphatic heterocycles. The van der Waals surface area contributed by atoms with Crippen molar-refractivity contribution in [1.82, 2.24) is 25.3 Å². The predicted octanol–water partition coefficient (Wildman–Crippen LogP) is 3.23. The van der Waals surface area contributed by atoms with Gasteiger partial charge in [-0.1, -0.05) is 6.42 Å². The first kappa shape index (κ1) is 27.9. The maximum atomic E-state index is 5.11. The van der Waals surface area contributed by atoms with E-state index < -0.39 is 0 Å². The lowest BCUT2D eigenvalue weighted by atomic mass is 9.84. The Morgan fingerprint density at radius 2 is 1.57 bits per heavy atom. The monoisotopic (exact) mass is 536 g/mol. The van der Waals surface area contributed by atoms with E-state index in [4.69, 9.17) is 4.99 Å². The first-order valence-electron chi connectivity index (χ1n) is 12.1. The Hall–Kier alpha value is -0.120. The molecule has 7 heteroatoms. The molecule has 0 atom stereocenters. The van der Waals surface area contributed by atoms with Crippen LogP contribution in [0, 0.1) is 0 Å². The predicted molar refractivity (Wildman–Crippen MR) is 141 cm³/mol. The molecule has 30 heavy (non-hydrogen) atoms.